The quantitative estimate of drug-likeness (QED) is 0.774. The van der Waals surface area contributed by atoms with E-state index in [0.717, 1.165) is 22.3 Å². The van der Waals surface area contributed by atoms with Gasteiger partial charge >= 0.3 is 0 Å². The minimum atomic E-state index is -3.70. The Morgan fingerprint density at radius 1 is 0.696 bits per heavy atom. The molecule has 0 aliphatic rings. The van der Waals surface area contributed by atoms with Crippen LogP contribution in [-0.2, 0) is 10.0 Å². The van der Waals surface area contributed by atoms with Crippen molar-refractivity contribution in [2.24, 2.45) is 5.14 Å². The van der Waals surface area contributed by atoms with Gasteiger partial charge in [-0.25, -0.2) is 13.6 Å². The summed E-state index contributed by atoms with van der Waals surface area (Å²) in [6.07, 6.45) is 0. The van der Waals surface area contributed by atoms with Crippen molar-refractivity contribution < 1.29 is 13.5 Å². The van der Waals surface area contributed by atoms with Gasteiger partial charge in [0.25, 0.3) is 0 Å². The van der Waals surface area contributed by atoms with E-state index in [4.69, 9.17) is 5.14 Å². The number of hydrogen-bond donors (Lipinski definition) is 2. The smallest absolute Gasteiger partial charge is 0.238 e. The summed E-state index contributed by atoms with van der Waals surface area (Å²) in [5, 5.41) is 14.6. The molecule has 3 aromatic rings. The number of hydrogen-bond acceptors (Lipinski definition) is 3. The number of primary sulfonamides is 1. The molecule has 0 radical (unpaired) electrons. The van der Waals surface area contributed by atoms with Crippen LogP contribution in [0.5, 0.6) is 5.75 Å². The van der Waals surface area contributed by atoms with Gasteiger partial charge in [0.05, 0.1) is 4.90 Å². The fraction of sp³-hybridized carbons (Fsp3) is 0. The average Bonchev–Trinajstić information content (AvgIpc) is 2.55. The molecule has 0 atom stereocenters. The Kier molecular flexibility index (Phi) is 3.90. The van der Waals surface area contributed by atoms with E-state index in [2.05, 4.69) is 0 Å². The zero-order valence-corrected chi connectivity index (χ0v) is 13.0. The number of phenols is 1. The van der Waals surface area contributed by atoms with Crippen LogP contribution >= 0.6 is 0 Å². The lowest BCUT2D eigenvalue weighted by Crippen LogP contribution is -2.11. The lowest BCUT2D eigenvalue weighted by atomic mass is 9.95. The molecule has 0 spiro atoms. The summed E-state index contributed by atoms with van der Waals surface area (Å²) < 4.78 is 22.7. The molecule has 23 heavy (non-hydrogen) atoms. The topological polar surface area (TPSA) is 80.4 Å². The van der Waals surface area contributed by atoms with Crippen molar-refractivity contribution in [3.05, 3.63) is 72.8 Å². The molecular weight excluding hydrogens is 310 g/mol. The van der Waals surface area contributed by atoms with Crippen LogP contribution in [0.2, 0.25) is 0 Å². The van der Waals surface area contributed by atoms with Crippen LogP contribution in [0.15, 0.2) is 77.7 Å². The van der Waals surface area contributed by atoms with Crippen LogP contribution in [0, 0.1) is 0 Å². The van der Waals surface area contributed by atoms with Crippen molar-refractivity contribution >= 4 is 10.0 Å². The number of phenolic OH excluding ortho intramolecular Hbond substituents is 1. The molecule has 0 aliphatic heterocycles. The van der Waals surface area contributed by atoms with Crippen molar-refractivity contribution in [3.8, 4) is 28.0 Å². The van der Waals surface area contributed by atoms with Crippen molar-refractivity contribution in [1.82, 2.24) is 0 Å². The standard InChI is InChI=1S/C18H15NO3S/c19-23(21,22)16-11-7-14(8-12-16)18-4-2-1-3-17(18)13-5-9-15(20)10-6-13/h1-12,20H,(H2,19,21,22). The average molecular weight is 325 g/mol. The summed E-state index contributed by atoms with van der Waals surface area (Å²) in [5.41, 5.74) is 3.82. The van der Waals surface area contributed by atoms with Gasteiger partial charge in [0, 0.05) is 0 Å². The summed E-state index contributed by atoms with van der Waals surface area (Å²) in [6.45, 7) is 0. The van der Waals surface area contributed by atoms with E-state index in [1.54, 1.807) is 24.3 Å². The van der Waals surface area contributed by atoms with Gasteiger partial charge in [-0.1, -0.05) is 48.5 Å². The Labute approximate surface area is 134 Å². The minimum absolute atomic E-state index is 0.0864. The number of rotatable bonds is 3. The molecule has 0 fully saturated rings. The monoisotopic (exact) mass is 325 g/mol. The molecule has 3 N–H and O–H groups in total. The highest BCUT2D eigenvalue weighted by molar-refractivity contribution is 7.89. The van der Waals surface area contributed by atoms with E-state index in [-0.39, 0.29) is 10.6 Å². The zero-order chi connectivity index (χ0) is 16.4. The van der Waals surface area contributed by atoms with E-state index in [0.29, 0.717) is 0 Å². The Balaban J connectivity index is 2.09. The fourth-order valence-electron chi connectivity index (χ4n) is 2.45. The molecule has 0 heterocycles. The number of aromatic hydroxyl groups is 1. The third-order valence-corrected chi connectivity index (χ3v) is 4.53. The van der Waals surface area contributed by atoms with E-state index < -0.39 is 10.0 Å². The molecule has 0 unspecified atom stereocenters. The molecule has 0 saturated heterocycles. The molecule has 0 amide bonds. The Morgan fingerprint density at radius 2 is 1.13 bits per heavy atom. The van der Waals surface area contributed by atoms with Crippen LogP contribution in [0.25, 0.3) is 22.3 Å². The predicted molar refractivity (Wildman–Crippen MR) is 90.4 cm³/mol. The predicted octanol–water partition coefficient (Wildman–Crippen LogP) is 3.37. The van der Waals surface area contributed by atoms with Gasteiger partial charge in [0.1, 0.15) is 5.75 Å². The summed E-state index contributed by atoms with van der Waals surface area (Å²) in [5.74, 6) is 0.212. The van der Waals surface area contributed by atoms with Gasteiger partial charge in [-0.3, -0.25) is 0 Å². The molecule has 0 aliphatic carbocycles. The second-order valence-corrected chi connectivity index (χ2v) is 6.72. The van der Waals surface area contributed by atoms with Crippen LogP contribution < -0.4 is 5.14 Å². The van der Waals surface area contributed by atoms with Crippen molar-refractivity contribution in [2.45, 2.75) is 4.90 Å². The van der Waals surface area contributed by atoms with Crippen LogP contribution in [-0.4, -0.2) is 13.5 Å². The third kappa shape index (κ3) is 3.26. The van der Waals surface area contributed by atoms with Crippen LogP contribution in [0.3, 0.4) is 0 Å². The van der Waals surface area contributed by atoms with Gasteiger partial charge in [-0.05, 0) is 46.5 Å². The maximum atomic E-state index is 11.4. The van der Waals surface area contributed by atoms with Crippen molar-refractivity contribution in [3.63, 3.8) is 0 Å². The van der Waals surface area contributed by atoms with E-state index >= 15 is 0 Å². The molecule has 116 valence electrons. The highest BCUT2D eigenvalue weighted by Gasteiger charge is 2.10. The lowest BCUT2D eigenvalue weighted by molar-refractivity contribution is 0.475. The first-order valence-electron chi connectivity index (χ1n) is 6.97. The first kappa shape index (κ1) is 15.3. The summed E-state index contributed by atoms with van der Waals surface area (Å²) >= 11 is 0. The largest absolute Gasteiger partial charge is 0.508 e. The second kappa shape index (κ2) is 5.87. The van der Waals surface area contributed by atoms with Gasteiger partial charge in [0.15, 0.2) is 0 Å². The SMILES string of the molecule is NS(=O)(=O)c1ccc(-c2ccccc2-c2ccc(O)cc2)cc1. The van der Waals surface area contributed by atoms with Gasteiger partial charge in [-0.15, -0.1) is 0 Å². The molecule has 5 heteroatoms. The summed E-state index contributed by atoms with van der Waals surface area (Å²) in [6, 6.07) is 21.2. The lowest BCUT2D eigenvalue weighted by Gasteiger charge is -2.11. The Hall–Kier alpha value is -2.63. The van der Waals surface area contributed by atoms with Crippen molar-refractivity contribution in [1.29, 1.82) is 0 Å². The normalized spacial score (nSPS) is 11.3. The first-order chi connectivity index (χ1) is 10.9. The summed E-state index contributed by atoms with van der Waals surface area (Å²) in [7, 11) is -3.70. The summed E-state index contributed by atoms with van der Waals surface area (Å²) in [4.78, 5) is 0.0864. The van der Waals surface area contributed by atoms with E-state index in [9.17, 15) is 13.5 Å². The maximum Gasteiger partial charge on any atom is 0.238 e. The van der Waals surface area contributed by atoms with Crippen LogP contribution in [0.4, 0.5) is 0 Å². The molecule has 0 bridgehead atoms. The van der Waals surface area contributed by atoms with E-state index in [1.165, 1.54) is 12.1 Å². The number of sulfonamides is 1. The van der Waals surface area contributed by atoms with Gasteiger partial charge < -0.3 is 5.11 Å². The Bertz CT molecular complexity index is 931. The molecule has 4 nitrogen and oxygen atoms in total. The van der Waals surface area contributed by atoms with Crippen molar-refractivity contribution in [2.75, 3.05) is 0 Å². The van der Waals surface area contributed by atoms with E-state index in [1.807, 2.05) is 36.4 Å². The number of nitrogens with two attached hydrogens (primary N) is 1. The minimum Gasteiger partial charge on any atom is -0.508 e. The molecule has 0 saturated carbocycles. The highest BCUT2D eigenvalue weighted by Crippen LogP contribution is 2.33. The fourth-order valence-corrected chi connectivity index (χ4v) is 2.97. The van der Waals surface area contributed by atoms with Gasteiger partial charge in [0.2, 0.25) is 10.0 Å². The molecule has 3 rings (SSSR count). The molecule has 3 aromatic carbocycles. The molecule has 0 aromatic heterocycles. The zero-order valence-electron chi connectivity index (χ0n) is 12.2. The second-order valence-electron chi connectivity index (χ2n) is 5.16. The maximum absolute atomic E-state index is 11.4. The van der Waals surface area contributed by atoms with Crippen LogP contribution in [0.1, 0.15) is 0 Å². The van der Waals surface area contributed by atoms with Gasteiger partial charge in [-0.2, -0.15) is 0 Å². The Morgan fingerprint density at radius 3 is 1.57 bits per heavy atom. The third-order valence-electron chi connectivity index (χ3n) is 3.60. The first-order valence-corrected chi connectivity index (χ1v) is 8.51. The molecular formula is C18H15NO3S. The number of benzene rings is 3. The highest BCUT2D eigenvalue weighted by atomic mass is 32.2.